The Kier molecular flexibility index (Phi) is 6.13. The lowest BCUT2D eigenvalue weighted by Gasteiger charge is -2.49. The molecule has 3 fully saturated rings. The molecule has 1 heterocycles. The Morgan fingerprint density at radius 3 is 2.59 bits per heavy atom. The topological polar surface area (TPSA) is 26.7 Å². The predicted octanol–water partition coefficient (Wildman–Crippen LogP) is 4.39. The maximum absolute atomic E-state index is 11.9. The Balaban J connectivity index is 1.56. The smallest absolute Gasteiger partial charge is 0.0731 e. The molecule has 0 amide bonds. The Morgan fingerprint density at radius 2 is 1.85 bits per heavy atom. The summed E-state index contributed by atoms with van der Waals surface area (Å²) in [5.74, 6) is 1.72. The number of rotatable bonds is 4. The molecule has 4 heteroatoms. The van der Waals surface area contributed by atoms with Gasteiger partial charge in [-0.05, 0) is 55.8 Å². The highest BCUT2D eigenvalue weighted by Gasteiger charge is 2.46. The molecule has 3 nitrogen and oxygen atoms in total. The highest BCUT2D eigenvalue weighted by Crippen LogP contribution is 2.49. The molecular formula is C23H35ClN2O. The summed E-state index contributed by atoms with van der Waals surface area (Å²) >= 11 is 6.34. The van der Waals surface area contributed by atoms with E-state index < -0.39 is 5.60 Å². The number of halogens is 1. The molecule has 1 saturated heterocycles. The monoisotopic (exact) mass is 390 g/mol. The van der Waals surface area contributed by atoms with Gasteiger partial charge in [-0.2, -0.15) is 0 Å². The van der Waals surface area contributed by atoms with Crippen molar-refractivity contribution in [3.05, 3.63) is 34.9 Å². The largest absolute Gasteiger partial charge is 0.389 e. The van der Waals surface area contributed by atoms with Crippen LogP contribution in [-0.4, -0.2) is 60.3 Å². The van der Waals surface area contributed by atoms with Gasteiger partial charge in [0.25, 0.3) is 0 Å². The minimum absolute atomic E-state index is 0.155. The number of nitrogens with zero attached hydrogens (tertiary/aromatic N) is 2. The fraction of sp³-hybridized carbons (Fsp3) is 0.739. The van der Waals surface area contributed by atoms with E-state index in [0.29, 0.717) is 5.92 Å². The molecule has 2 aliphatic carbocycles. The van der Waals surface area contributed by atoms with Gasteiger partial charge in [0.05, 0.1) is 5.60 Å². The lowest BCUT2D eigenvalue weighted by atomic mass is 9.61. The SMILES string of the molecule is CN1CCN(CC(c2cccc(Cl)c2)C2(O)CCC3CCCCC3C2)CC1. The summed E-state index contributed by atoms with van der Waals surface area (Å²) in [6, 6.07) is 8.26. The summed E-state index contributed by atoms with van der Waals surface area (Å²) in [5, 5.41) is 12.7. The van der Waals surface area contributed by atoms with Crippen molar-refractivity contribution >= 4 is 11.6 Å². The Bertz CT molecular complexity index is 631. The molecule has 150 valence electrons. The van der Waals surface area contributed by atoms with Crippen LogP contribution in [0.4, 0.5) is 0 Å². The first-order valence-corrected chi connectivity index (χ1v) is 11.3. The second kappa shape index (κ2) is 8.41. The summed E-state index contributed by atoms with van der Waals surface area (Å²) < 4.78 is 0. The van der Waals surface area contributed by atoms with Gasteiger partial charge >= 0.3 is 0 Å². The molecule has 27 heavy (non-hydrogen) atoms. The lowest BCUT2D eigenvalue weighted by molar-refractivity contribution is -0.0722. The van der Waals surface area contributed by atoms with Crippen LogP contribution in [0.2, 0.25) is 5.02 Å². The van der Waals surface area contributed by atoms with Crippen LogP contribution >= 0.6 is 11.6 Å². The van der Waals surface area contributed by atoms with Gasteiger partial charge in [0.2, 0.25) is 0 Å². The van der Waals surface area contributed by atoms with Crippen LogP contribution in [0.3, 0.4) is 0 Å². The summed E-state index contributed by atoms with van der Waals surface area (Å²) in [6.45, 7) is 5.37. The van der Waals surface area contributed by atoms with Gasteiger partial charge < -0.3 is 14.9 Å². The number of piperazine rings is 1. The molecule has 0 radical (unpaired) electrons. The van der Waals surface area contributed by atoms with Crippen LogP contribution in [0, 0.1) is 11.8 Å². The van der Waals surface area contributed by atoms with Crippen molar-refractivity contribution in [2.45, 2.75) is 56.5 Å². The minimum atomic E-state index is -0.591. The van der Waals surface area contributed by atoms with E-state index in [-0.39, 0.29) is 5.92 Å². The third-order valence-corrected chi connectivity index (χ3v) is 7.80. The maximum Gasteiger partial charge on any atom is 0.0731 e. The number of likely N-dealkylation sites (N-methyl/N-ethyl adjacent to an activating group) is 1. The van der Waals surface area contributed by atoms with E-state index in [1.807, 2.05) is 12.1 Å². The molecule has 0 bridgehead atoms. The fourth-order valence-corrected chi connectivity index (χ4v) is 6.04. The van der Waals surface area contributed by atoms with E-state index >= 15 is 0 Å². The van der Waals surface area contributed by atoms with Crippen molar-refractivity contribution in [2.24, 2.45) is 11.8 Å². The van der Waals surface area contributed by atoms with Crippen molar-refractivity contribution in [1.29, 1.82) is 0 Å². The number of aliphatic hydroxyl groups is 1. The molecule has 1 aromatic rings. The summed E-state index contributed by atoms with van der Waals surface area (Å²) in [6.07, 6.45) is 8.53. The van der Waals surface area contributed by atoms with E-state index in [1.165, 1.54) is 37.7 Å². The Morgan fingerprint density at radius 1 is 1.11 bits per heavy atom. The molecule has 2 saturated carbocycles. The number of hydrogen-bond acceptors (Lipinski definition) is 3. The standard InChI is InChI=1S/C23H35ClN2O/c1-25-11-13-26(14-12-25)17-22(19-7-4-8-21(24)15-19)23(27)10-9-18-5-2-3-6-20(18)16-23/h4,7-8,15,18,20,22,27H,2-3,5-6,9-14,16-17H2,1H3. The van der Waals surface area contributed by atoms with Gasteiger partial charge in [0, 0.05) is 43.7 Å². The number of hydrogen-bond donors (Lipinski definition) is 1. The second-order valence-corrected chi connectivity index (χ2v) is 9.80. The number of fused-ring (bicyclic) bond motifs is 1. The van der Waals surface area contributed by atoms with E-state index in [2.05, 4.69) is 29.0 Å². The molecule has 0 spiro atoms. The zero-order valence-corrected chi connectivity index (χ0v) is 17.5. The average Bonchev–Trinajstić information content (AvgIpc) is 2.67. The summed E-state index contributed by atoms with van der Waals surface area (Å²) in [7, 11) is 2.20. The molecule has 1 aliphatic heterocycles. The lowest BCUT2D eigenvalue weighted by Crippen LogP contribution is -2.51. The minimum Gasteiger partial charge on any atom is -0.389 e. The van der Waals surface area contributed by atoms with E-state index in [4.69, 9.17) is 11.6 Å². The van der Waals surface area contributed by atoms with Gasteiger partial charge in [-0.15, -0.1) is 0 Å². The molecule has 4 atom stereocenters. The van der Waals surface area contributed by atoms with E-state index in [0.717, 1.165) is 56.5 Å². The van der Waals surface area contributed by atoms with Gasteiger partial charge in [0.1, 0.15) is 0 Å². The molecule has 4 unspecified atom stereocenters. The maximum atomic E-state index is 11.9. The van der Waals surface area contributed by atoms with Gasteiger partial charge in [-0.1, -0.05) is 49.4 Å². The third kappa shape index (κ3) is 4.53. The highest BCUT2D eigenvalue weighted by atomic mass is 35.5. The fourth-order valence-electron chi connectivity index (χ4n) is 5.84. The molecular weight excluding hydrogens is 356 g/mol. The van der Waals surface area contributed by atoms with Crippen LogP contribution in [0.15, 0.2) is 24.3 Å². The summed E-state index contributed by atoms with van der Waals surface area (Å²) in [5.41, 5.74) is 0.630. The van der Waals surface area contributed by atoms with Crippen molar-refractivity contribution in [2.75, 3.05) is 39.8 Å². The van der Waals surface area contributed by atoms with Gasteiger partial charge in [-0.3, -0.25) is 0 Å². The first-order chi connectivity index (χ1) is 13.0. The van der Waals surface area contributed by atoms with Gasteiger partial charge in [0.15, 0.2) is 0 Å². The Hall–Kier alpha value is -0.610. The van der Waals surface area contributed by atoms with E-state index in [9.17, 15) is 5.11 Å². The first-order valence-electron chi connectivity index (χ1n) is 10.9. The normalized spacial score (nSPS) is 34.2. The molecule has 3 aliphatic rings. The zero-order valence-electron chi connectivity index (χ0n) is 16.7. The second-order valence-electron chi connectivity index (χ2n) is 9.36. The summed E-state index contributed by atoms with van der Waals surface area (Å²) in [4.78, 5) is 4.95. The molecule has 0 aromatic heterocycles. The van der Waals surface area contributed by atoms with Gasteiger partial charge in [-0.25, -0.2) is 0 Å². The zero-order chi connectivity index (χ0) is 18.9. The van der Waals surface area contributed by atoms with Crippen LogP contribution in [0.25, 0.3) is 0 Å². The molecule has 1 aromatic carbocycles. The first kappa shape index (κ1) is 19.7. The highest BCUT2D eigenvalue weighted by molar-refractivity contribution is 6.30. The number of benzene rings is 1. The van der Waals surface area contributed by atoms with Crippen molar-refractivity contribution in [3.8, 4) is 0 Å². The predicted molar refractivity (Wildman–Crippen MR) is 112 cm³/mol. The van der Waals surface area contributed by atoms with Crippen LogP contribution in [0.5, 0.6) is 0 Å². The average molecular weight is 391 g/mol. The quantitative estimate of drug-likeness (QED) is 0.825. The van der Waals surface area contributed by atoms with Crippen LogP contribution in [0.1, 0.15) is 56.4 Å². The third-order valence-electron chi connectivity index (χ3n) is 7.57. The van der Waals surface area contributed by atoms with Crippen LogP contribution in [-0.2, 0) is 0 Å². The van der Waals surface area contributed by atoms with Crippen molar-refractivity contribution < 1.29 is 5.11 Å². The van der Waals surface area contributed by atoms with E-state index in [1.54, 1.807) is 0 Å². The van der Waals surface area contributed by atoms with Crippen molar-refractivity contribution in [1.82, 2.24) is 9.80 Å². The molecule has 4 rings (SSSR count). The van der Waals surface area contributed by atoms with Crippen LogP contribution < -0.4 is 0 Å². The van der Waals surface area contributed by atoms with Crippen molar-refractivity contribution in [3.63, 3.8) is 0 Å². The Labute approximate surface area is 169 Å². The molecule has 1 N–H and O–H groups in total.